The van der Waals surface area contributed by atoms with Crippen molar-refractivity contribution >= 4 is 45.5 Å². The Morgan fingerprint density at radius 3 is 2.46 bits per heavy atom. The topological polar surface area (TPSA) is 86.1 Å². The number of benzene rings is 3. The van der Waals surface area contributed by atoms with Crippen molar-refractivity contribution in [2.24, 2.45) is 0 Å². The summed E-state index contributed by atoms with van der Waals surface area (Å²) in [6, 6.07) is 17.3. The lowest BCUT2D eigenvalue weighted by Crippen LogP contribution is -2.21. The van der Waals surface area contributed by atoms with Crippen LogP contribution < -0.4 is 10.1 Å². The zero-order chi connectivity index (χ0) is 27.8. The van der Waals surface area contributed by atoms with Crippen molar-refractivity contribution < 1.29 is 27.5 Å². The number of allylic oxidation sites excluding steroid dienone is 2. The van der Waals surface area contributed by atoms with E-state index in [-0.39, 0.29) is 17.2 Å². The second-order valence-electron chi connectivity index (χ2n) is 8.10. The minimum atomic E-state index is -4.64. The molecule has 4 aromatic rings. The molecule has 0 saturated heterocycles. The summed E-state index contributed by atoms with van der Waals surface area (Å²) in [6.07, 6.45) is 3.83. The van der Waals surface area contributed by atoms with Gasteiger partial charge in [0.15, 0.2) is 12.4 Å². The zero-order valence-corrected chi connectivity index (χ0v) is 21.7. The van der Waals surface area contributed by atoms with Crippen molar-refractivity contribution in [3.63, 3.8) is 0 Å². The van der Waals surface area contributed by atoms with Crippen LogP contribution in [0, 0.1) is 0 Å². The Balaban J connectivity index is 1.41. The van der Waals surface area contributed by atoms with E-state index in [2.05, 4.69) is 31.3 Å². The van der Waals surface area contributed by atoms with Gasteiger partial charge in [0.2, 0.25) is 0 Å². The lowest BCUT2D eigenvalue weighted by Gasteiger charge is -2.14. The summed E-state index contributed by atoms with van der Waals surface area (Å²) in [4.78, 5) is 28.5. The first-order chi connectivity index (χ1) is 18.7. The number of nitrogens with one attached hydrogen (secondary N) is 1. The van der Waals surface area contributed by atoms with Crippen molar-refractivity contribution in [1.82, 2.24) is 14.8 Å². The van der Waals surface area contributed by atoms with Gasteiger partial charge in [-0.05, 0) is 60.2 Å². The number of hydrogen-bond acceptors (Lipinski definition) is 5. The summed E-state index contributed by atoms with van der Waals surface area (Å²) in [5, 5.41) is 6.26. The van der Waals surface area contributed by atoms with Crippen LogP contribution in [0.2, 0.25) is 0 Å². The molecule has 3 aromatic carbocycles. The molecular formula is C28H20BrF3N4O3. The van der Waals surface area contributed by atoms with E-state index in [0.29, 0.717) is 11.3 Å². The molecule has 1 amide bonds. The summed E-state index contributed by atoms with van der Waals surface area (Å²) in [5.41, 5.74) is 0.446. The van der Waals surface area contributed by atoms with E-state index in [1.165, 1.54) is 30.9 Å². The number of carbonyl (C=O) groups excluding carboxylic acids is 2. The van der Waals surface area contributed by atoms with Gasteiger partial charge in [0, 0.05) is 15.7 Å². The molecule has 1 aromatic heterocycles. The number of rotatable bonds is 9. The fraction of sp³-hybridized carbons (Fsp3) is 0.0714. The normalized spacial score (nSPS) is 11.7. The van der Waals surface area contributed by atoms with Crippen molar-refractivity contribution in [3.8, 4) is 11.4 Å². The number of hydrogen-bond donors (Lipinski definition) is 1. The number of amides is 1. The van der Waals surface area contributed by atoms with Gasteiger partial charge >= 0.3 is 6.18 Å². The Morgan fingerprint density at radius 1 is 1.00 bits per heavy atom. The average Bonchev–Trinajstić information content (AvgIpc) is 3.45. The number of alkyl halides is 3. The summed E-state index contributed by atoms with van der Waals surface area (Å²) in [5.74, 6) is -0.606. The van der Waals surface area contributed by atoms with E-state index in [1.807, 2.05) is 24.3 Å². The predicted molar refractivity (Wildman–Crippen MR) is 144 cm³/mol. The minimum Gasteiger partial charge on any atom is -0.483 e. The van der Waals surface area contributed by atoms with Crippen LogP contribution in [0.3, 0.4) is 0 Å². The third kappa shape index (κ3) is 7.99. The fourth-order valence-corrected chi connectivity index (χ4v) is 3.65. The Labute approximate surface area is 229 Å². The van der Waals surface area contributed by atoms with Crippen molar-refractivity contribution in [2.75, 3.05) is 11.9 Å². The molecule has 0 atom stereocenters. The third-order valence-corrected chi connectivity index (χ3v) is 5.76. The Kier molecular flexibility index (Phi) is 8.72. The lowest BCUT2D eigenvalue weighted by atomic mass is 10.1. The SMILES string of the molecule is O=C(/C=C/c1ccc(Br)cc1)/C=C/c1ccccc1OCC(=O)Nc1cc(-n2cncn2)cc(C(F)(F)F)c1. The summed E-state index contributed by atoms with van der Waals surface area (Å²) >= 11 is 3.36. The van der Waals surface area contributed by atoms with Crippen LogP contribution in [0.5, 0.6) is 5.75 Å². The fourth-order valence-electron chi connectivity index (χ4n) is 3.39. The number of aromatic nitrogens is 3. The van der Waals surface area contributed by atoms with Crippen molar-refractivity contribution in [2.45, 2.75) is 6.18 Å². The van der Waals surface area contributed by atoms with Crippen LogP contribution in [0.4, 0.5) is 18.9 Å². The molecule has 1 N–H and O–H groups in total. The molecule has 0 saturated carbocycles. The molecular weight excluding hydrogens is 577 g/mol. The van der Waals surface area contributed by atoms with Gasteiger partial charge in [0.05, 0.1) is 11.3 Å². The highest BCUT2D eigenvalue weighted by Gasteiger charge is 2.31. The first-order valence-corrected chi connectivity index (χ1v) is 12.2. The van der Waals surface area contributed by atoms with Crippen molar-refractivity contribution in [1.29, 1.82) is 0 Å². The summed E-state index contributed by atoms with van der Waals surface area (Å²) in [6.45, 7) is -0.475. The molecule has 198 valence electrons. The maximum atomic E-state index is 13.4. The molecule has 0 aliphatic carbocycles. The highest BCUT2D eigenvalue weighted by Crippen LogP contribution is 2.33. The van der Waals surface area contributed by atoms with E-state index >= 15 is 0 Å². The first kappa shape index (κ1) is 27.5. The molecule has 1 heterocycles. The Morgan fingerprint density at radius 2 is 1.74 bits per heavy atom. The monoisotopic (exact) mass is 596 g/mol. The van der Waals surface area contributed by atoms with Crippen LogP contribution in [0.25, 0.3) is 17.8 Å². The van der Waals surface area contributed by atoms with E-state index in [1.54, 1.807) is 36.4 Å². The number of anilines is 1. The standard InChI is InChI=1S/C28H20BrF3N4O3/c29-22-9-5-19(6-10-22)7-11-25(37)12-8-20-3-1-2-4-26(20)39-16-27(38)35-23-13-21(28(30,31)32)14-24(15-23)36-18-33-17-34-36/h1-15,17-18H,16H2,(H,35,38)/b11-7+,12-8+. The third-order valence-electron chi connectivity index (χ3n) is 5.23. The number of halogens is 4. The van der Waals surface area contributed by atoms with Crippen LogP contribution in [0.1, 0.15) is 16.7 Å². The Hall–Kier alpha value is -4.51. The maximum absolute atomic E-state index is 13.4. The Bertz CT molecular complexity index is 1520. The zero-order valence-electron chi connectivity index (χ0n) is 20.1. The van der Waals surface area contributed by atoms with Gasteiger partial charge in [-0.3, -0.25) is 9.59 Å². The molecule has 0 unspecified atom stereocenters. The van der Waals surface area contributed by atoms with E-state index in [0.717, 1.165) is 26.9 Å². The molecule has 0 spiro atoms. The molecule has 0 radical (unpaired) electrons. The lowest BCUT2D eigenvalue weighted by molar-refractivity contribution is -0.137. The maximum Gasteiger partial charge on any atom is 0.416 e. The van der Waals surface area contributed by atoms with Gasteiger partial charge in [-0.1, -0.05) is 52.3 Å². The molecule has 0 bridgehead atoms. The van der Waals surface area contributed by atoms with Gasteiger partial charge in [-0.25, -0.2) is 9.67 Å². The average molecular weight is 597 g/mol. The van der Waals surface area contributed by atoms with Gasteiger partial charge in [-0.15, -0.1) is 0 Å². The number of ketones is 1. The number of nitrogens with zero attached hydrogens (tertiary/aromatic N) is 3. The molecule has 0 fully saturated rings. The first-order valence-electron chi connectivity index (χ1n) is 11.4. The van der Waals surface area contributed by atoms with Crippen LogP contribution in [-0.4, -0.2) is 33.1 Å². The number of carbonyl (C=O) groups is 2. The van der Waals surface area contributed by atoms with Gasteiger partial charge < -0.3 is 10.1 Å². The van der Waals surface area contributed by atoms with E-state index in [4.69, 9.17) is 4.74 Å². The van der Waals surface area contributed by atoms with Crippen LogP contribution in [0.15, 0.2) is 96.0 Å². The van der Waals surface area contributed by atoms with Crippen LogP contribution >= 0.6 is 15.9 Å². The molecule has 11 heteroatoms. The van der Waals surface area contributed by atoms with Gasteiger partial charge in [0.1, 0.15) is 18.4 Å². The number of para-hydroxylation sites is 1. The highest BCUT2D eigenvalue weighted by atomic mass is 79.9. The summed E-state index contributed by atoms with van der Waals surface area (Å²) in [7, 11) is 0. The molecule has 0 aliphatic rings. The van der Waals surface area contributed by atoms with Crippen LogP contribution in [-0.2, 0) is 15.8 Å². The quantitative estimate of drug-likeness (QED) is 0.227. The predicted octanol–water partition coefficient (Wildman–Crippen LogP) is 6.36. The molecule has 0 aliphatic heterocycles. The minimum absolute atomic E-state index is 0.0767. The molecule has 7 nitrogen and oxygen atoms in total. The molecule has 39 heavy (non-hydrogen) atoms. The van der Waals surface area contributed by atoms with Crippen molar-refractivity contribution in [3.05, 3.63) is 113 Å². The molecule has 4 rings (SSSR count). The number of ether oxygens (including phenoxy) is 1. The van der Waals surface area contributed by atoms with Gasteiger partial charge in [0.25, 0.3) is 5.91 Å². The second kappa shape index (κ2) is 12.4. The van der Waals surface area contributed by atoms with E-state index in [9.17, 15) is 22.8 Å². The second-order valence-corrected chi connectivity index (χ2v) is 9.02. The largest absolute Gasteiger partial charge is 0.483 e. The smallest absolute Gasteiger partial charge is 0.416 e. The van der Waals surface area contributed by atoms with Gasteiger partial charge in [-0.2, -0.15) is 18.3 Å². The highest BCUT2D eigenvalue weighted by molar-refractivity contribution is 9.10. The van der Waals surface area contributed by atoms with E-state index < -0.39 is 24.3 Å². The summed E-state index contributed by atoms with van der Waals surface area (Å²) < 4.78 is 47.9.